The van der Waals surface area contributed by atoms with Crippen molar-refractivity contribution in [1.82, 2.24) is 40.9 Å². The molecule has 2 aromatic carbocycles. The molecule has 1 unspecified atom stereocenters. The molecule has 0 aromatic heterocycles. The van der Waals surface area contributed by atoms with Crippen molar-refractivity contribution < 1.29 is 48.5 Å². The lowest BCUT2D eigenvalue weighted by molar-refractivity contribution is -0.140. The van der Waals surface area contributed by atoms with Gasteiger partial charge in [0, 0.05) is 102 Å². The Morgan fingerprint density at radius 3 is 1.89 bits per heavy atom. The van der Waals surface area contributed by atoms with Crippen LogP contribution in [0.15, 0.2) is 48.5 Å². The third kappa shape index (κ3) is 25.6. The van der Waals surface area contributed by atoms with Gasteiger partial charge in [0.05, 0.1) is 6.54 Å². The molecule has 1 saturated heterocycles. The Labute approximate surface area is 424 Å². The van der Waals surface area contributed by atoms with Crippen molar-refractivity contribution in [3.05, 3.63) is 65.5 Å². The summed E-state index contributed by atoms with van der Waals surface area (Å²) in [6.07, 6.45) is 4.36. The third-order valence-corrected chi connectivity index (χ3v) is 13.1. The first kappa shape index (κ1) is 60.0. The van der Waals surface area contributed by atoms with Crippen molar-refractivity contribution in [3.63, 3.8) is 0 Å². The first-order chi connectivity index (χ1) is 34.1. The number of nitrogens with one attached hydrogen (secondary N) is 5. The average molecular weight is 1010 g/mol. The summed E-state index contributed by atoms with van der Waals surface area (Å²) in [5.74, 6) is -4.53. The molecule has 18 nitrogen and oxygen atoms in total. The lowest BCUT2D eigenvalue weighted by Crippen LogP contribution is -2.52. The molecule has 1 heterocycles. The molecule has 20 heteroatoms. The van der Waals surface area contributed by atoms with Crippen molar-refractivity contribution in [2.45, 2.75) is 110 Å². The van der Waals surface area contributed by atoms with Gasteiger partial charge in [-0.1, -0.05) is 51.5 Å². The number of ketones is 1. The van der Waals surface area contributed by atoms with E-state index in [9.17, 15) is 43.4 Å². The number of carbonyl (C=O) groups excluding carboxylic acids is 3. The lowest BCUT2D eigenvalue weighted by atomic mass is 9.91. The van der Waals surface area contributed by atoms with Gasteiger partial charge in [0.25, 0.3) is 0 Å². The number of rotatable bonds is 30. The lowest BCUT2D eigenvalue weighted by Gasteiger charge is -2.38. The van der Waals surface area contributed by atoms with E-state index in [1.54, 1.807) is 12.1 Å². The fourth-order valence-corrected chi connectivity index (χ4v) is 8.74. The van der Waals surface area contributed by atoms with E-state index in [1.807, 2.05) is 12.1 Å². The number of carboxylic acids is 3. The summed E-state index contributed by atoms with van der Waals surface area (Å²) in [6, 6.07) is 12.0. The Kier molecular flexibility index (Phi) is 28.9. The largest absolute Gasteiger partial charge is 0.481 e. The molecule has 3 rings (SSSR count). The monoisotopic (exact) mass is 1010 g/mol. The van der Waals surface area contributed by atoms with Gasteiger partial charge in [0.15, 0.2) is 5.11 Å². The SMILES string of the molecule is CCN1CCN(CC)CCN(CC(=O)O)C(Cc2ccc(NC(=S)NCCCCCC(=O)C[C@@H](Cc3ccc(F)cc3)C(=O)NCCCC[C@H](NC(=O)NCCCC(=O)O)C(=O)O)cc2)CN(CC)CC1. The third-order valence-electron chi connectivity index (χ3n) is 12.9. The standard InChI is InChI=1S/C51H80FN9O9S/c1-4-58-27-28-59(5-2)31-32-61(37-47(65)66)43(36-60(6-3)30-29-58)34-39-18-22-42(23-19-39)56-51(71)55-25-10-7-8-13-44(62)35-40(33-38-16-20-41(52)21-17-38)48(67)53-24-11-9-14-45(49(68)69)57-50(70)54-26-12-15-46(63)64/h16-23,40,43,45H,4-15,24-37H2,1-3H3,(H,53,67)(H,63,64)(H,65,66)(H,68,69)(H2,54,57,70)(H2,55,56,71)/t40-,43?,45+/m1/s1. The van der Waals surface area contributed by atoms with Crippen LogP contribution in [-0.2, 0) is 36.8 Å². The highest BCUT2D eigenvalue weighted by Crippen LogP contribution is 2.18. The van der Waals surface area contributed by atoms with Crippen molar-refractivity contribution in [3.8, 4) is 0 Å². The van der Waals surface area contributed by atoms with Gasteiger partial charge in [-0.05, 0) is 119 Å². The summed E-state index contributed by atoms with van der Waals surface area (Å²) >= 11 is 5.58. The van der Waals surface area contributed by atoms with Crippen LogP contribution in [0.25, 0.3) is 0 Å². The molecule has 0 spiro atoms. The van der Waals surface area contributed by atoms with E-state index in [0.29, 0.717) is 55.9 Å². The molecule has 71 heavy (non-hydrogen) atoms. The number of thiocarbonyl (C=S) groups is 1. The smallest absolute Gasteiger partial charge is 0.326 e. The first-order valence-corrected chi connectivity index (χ1v) is 25.8. The van der Waals surface area contributed by atoms with Crippen LogP contribution in [0.2, 0.25) is 0 Å². The highest BCUT2D eigenvalue weighted by molar-refractivity contribution is 7.80. The van der Waals surface area contributed by atoms with Crippen LogP contribution in [0, 0.1) is 11.7 Å². The second-order valence-electron chi connectivity index (χ2n) is 18.2. The molecule has 1 aliphatic rings. The second kappa shape index (κ2) is 34.2. The number of unbranched alkanes of at least 4 members (excludes halogenated alkanes) is 3. The van der Waals surface area contributed by atoms with Crippen molar-refractivity contribution in [2.75, 3.05) is 96.9 Å². The molecular formula is C51H80FN9O9S. The number of amides is 3. The molecule has 0 saturated carbocycles. The Bertz CT molecular complexity index is 1950. The zero-order valence-corrected chi connectivity index (χ0v) is 42.9. The van der Waals surface area contributed by atoms with Gasteiger partial charge in [0.1, 0.15) is 17.6 Å². The van der Waals surface area contributed by atoms with Gasteiger partial charge in [-0.15, -0.1) is 0 Å². The number of hydrogen-bond donors (Lipinski definition) is 8. The van der Waals surface area contributed by atoms with Crippen LogP contribution < -0.4 is 26.6 Å². The minimum Gasteiger partial charge on any atom is -0.481 e. The maximum Gasteiger partial charge on any atom is 0.326 e. The van der Waals surface area contributed by atoms with Gasteiger partial charge >= 0.3 is 23.9 Å². The summed E-state index contributed by atoms with van der Waals surface area (Å²) < 4.78 is 13.6. The molecule has 2 aromatic rings. The van der Waals surface area contributed by atoms with E-state index < -0.39 is 41.7 Å². The van der Waals surface area contributed by atoms with Crippen molar-refractivity contribution >= 4 is 58.6 Å². The molecular weight excluding hydrogens is 934 g/mol. The normalized spacial score (nSPS) is 16.4. The van der Waals surface area contributed by atoms with Crippen LogP contribution in [0.4, 0.5) is 14.9 Å². The van der Waals surface area contributed by atoms with E-state index >= 15 is 0 Å². The fourth-order valence-electron chi connectivity index (χ4n) is 8.52. The molecule has 0 bridgehead atoms. The Morgan fingerprint density at radius 2 is 1.27 bits per heavy atom. The highest BCUT2D eigenvalue weighted by Gasteiger charge is 2.26. The number of benzene rings is 2. The number of carbonyl (C=O) groups is 6. The molecule has 3 atom stereocenters. The number of halogens is 1. The number of hydrogen-bond acceptors (Lipinski definition) is 11. The van der Waals surface area contributed by atoms with Gasteiger partial charge in [0.2, 0.25) is 5.91 Å². The zero-order chi connectivity index (χ0) is 52.0. The van der Waals surface area contributed by atoms with Gasteiger partial charge in [-0.25, -0.2) is 14.0 Å². The molecule has 0 radical (unpaired) electrons. The number of Topliss-reactive ketones (excluding diaryl/α,β-unsaturated/α-hetero) is 1. The topological polar surface area (TPSA) is 236 Å². The number of nitrogens with zero attached hydrogens (tertiary/aromatic N) is 4. The number of carboxylic acid groups (broad SMARTS) is 3. The molecule has 8 N–H and O–H groups in total. The number of aliphatic carboxylic acids is 3. The summed E-state index contributed by atoms with van der Waals surface area (Å²) in [4.78, 5) is 82.5. The summed E-state index contributed by atoms with van der Waals surface area (Å²) in [7, 11) is 0. The minimum atomic E-state index is -1.22. The maximum atomic E-state index is 13.6. The van der Waals surface area contributed by atoms with Crippen LogP contribution in [0.1, 0.15) is 96.1 Å². The van der Waals surface area contributed by atoms with Crippen LogP contribution in [0.5, 0.6) is 0 Å². The quantitative estimate of drug-likeness (QED) is 0.0392. The van der Waals surface area contributed by atoms with E-state index in [0.717, 1.165) is 83.0 Å². The zero-order valence-electron chi connectivity index (χ0n) is 42.1. The van der Waals surface area contributed by atoms with Crippen molar-refractivity contribution in [2.24, 2.45) is 5.92 Å². The highest BCUT2D eigenvalue weighted by atomic mass is 32.1. The van der Waals surface area contributed by atoms with Crippen LogP contribution >= 0.6 is 12.2 Å². The predicted octanol–water partition coefficient (Wildman–Crippen LogP) is 4.67. The van der Waals surface area contributed by atoms with Gasteiger partial charge < -0.3 is 56.6 Å². The number of urea groups is 1. The average Bonchev–Trinajstić information content (AvgIpc) is 3.33. The van der Waals surface area contributed by atoms with Crippen LogP contribution in [-0.4, -0.2) is 179 Å². The second-order valence-corrected chi connectivity index (χ2v) is 18.6. The fraction of sp³-hybridized carbons (Fsp3) is 0.627. The molecule has 3 amide bonds. The molecule has 396 valence electrons. The Hall–Kier alpha value is -5.28. The van der Waals surface area contributed by atoms with E-state index in [-0.39, 0.29) is 69.5 Å². The van der Waals surface area contributed by atoms with Gasteiger partial charge in [-0.2, -0.15) is 0 Å². The van der Waals surface area contributed by atoms with Crippen LogP contribution in [0.3, 0.4) is 0 Å². The first-order valence-electron chi connectivity index (χ1n) is 25.4. The van der Waals surface area contributed by atoms with Crippen molar-refractivity contribution in [1.29, 1.82) is 0 Å². The van der Waals surface area contributed by atoms with E-state index in [1.165, 1.54) is 12.1 Å². The molecule has 0 aliphatic carbocycles. The van der Waals surface area contributed by atoms with E-state index in [2.05, 4.69) is 79.1 Å². The Balaban J connectivity index is 1.44. The summed E-state index contributed by atoms with van der Waals surface area (Å²) in [5, 5.41) is 42.8. The van der Waals surface area contributed by atoms with E-state index in [4.69, 9.17) is 17.3 Å². The molecule has 1 aliphatic heterocycles. The Morgan fingerprint density at radius 1 is 0.676 bits per heavy atom. The summed E-state index contributed by atoms with van der Waals surface area (Å²) in [5.41, 5.74) is 2.66. The minimum absolute atomic E-state index is 0.00824. The predicted molar refractivity (Wildman–Crippen MR) is 277 cm³/mol. The molecule has 1 fully saturated rings. The number of anilines is 1. The summed E-state index contributed by atoms with van der Waals surface area (Å²) in [6.45, 7) is 16.4. The van der Waals surface area contributed by atoms with Gasteiger partial charge in [-0.3, -0.25) is 24.1 Å². The number of likely N-dealkylation sites (N-methyl/N-ethyl adjacent to an activating group) is 3. The maximum absolute atomic E-state index is 13.6.